The topological polar surface area (TPSA) is 53.6 Å². The summed E-state index contributed by atoms with van der Waals surface area (Å²) in [5, 5.41) is 6.66. The Morgan fingerprint density at radius 1 is 1.28 bits per heavy atom. The SMILES string of the molecule is CCCN1C(=S)N[C@H](c2cccc(F)c2)C(C(=O)Nc2ccccc2OC)=C1C. The standard InChI is InChI=1S/C22H24FN3O2S/c1-4-12-26-14(2)19(21(27)24-17-10-5-6-11-18(17)28-3)20(25-22(26)29)15-8-7-9-16(23)13-15/h5-11,13,20H,4,12H2,1-3H3,(H,24,27)(H,25,29)/t20-/m1/s1. The number of halogens is 1. The van der Waals surface area contributed by atoms with Crippen LogP contribution in [-0.2, 0) is 4.79 Å². The molecule has 2 N–H and O–H groups in total. The highest BCUT2D eigenvalue weighted by atomic mass is 32.1. The van der Waals surface area contributed by atoms with Crippen molar-refractivity contribution < 1.29 is 13.9 Å². The lowest BCUT2D eigenvalue weighted by molar-refractivity contribution is -0.113. The number of nitrogens with zero attached hydrogens (tertiary/aromatic N) is 1. The number of hydrogen-bond donors (Lipinski definition) is 2. The minimum Gasteiger partial charge on any atom is -0.495 e. The van der Waals surface area contributed by atoms with Crippen LogP contribution in [0.2, 0.25) is 0 Å². The maximum absolute atomic E-state index is 13.9. The first kappa shape index (κ1) is 20.8. The van der Waals surface area contributed by atoms with E-state index in [1.165, 1.54) is 12.1 Å². The van der Waals surface area contributed by atoms with Crippen molar-refractivity contribution in [2.24, 2.45) is 0 Å². The van der Waals surface area contributed by atoms with Gasteiger partial charge in [-0.15, -0.1) is 0 Å². The third kappa shape index (κ3) is 4.40. The zero-order valence-electron chi connectivity index (χ0n) is 16.7. The molecule has 1 aliphatic heterocycles. The van der Waals surface area contributed by atoms with E-state index in [9.17, 15) is 9.18 Å². The maximum Gasteiger partial charge on any atom is 0.255 e. The lowest BCUT2D eigenvalue weighted by Gasteiger charge is -2.38. The predicted octanol–water partition coefficient (Wildman–Crippen LogP) is 4.39. The van der Waals surface area contributed by atoms with Gasteiger partial charge in [0.1, 0.15) is 11.6 Å². The van der Waals surface area contributed by atoms with Crippen LogP contribution in [0, 0.1) is 5.82 Å². The van der Waals surface area contributed by atoms with Gasteiger partial charge in [-0.1, -0.05) is 31.2 Å². The van der Waals surface area contributed by atoms with Crippen LogP contribution in [0.4, 0.5) is 10.1 Å². The summed E-state index contributed by atoms with van der Waals surface area (Å²) in [6.07, 6.45) is 0.866. The lowest BCUT2D eigenvalue weighted by Crippen LogP contribution is -2.48. The van der Waals surface area contributed by atoms with Gasteiger partial charge in [0.25, 0.3) is 5.91 Å². The lowest BCUT2D eigenvalue weighted by atomic mass is 9.94. The molecule has 0 aromatic heterocycles. The number of carbonyl (C=O) groups excluding carboxylic acids is 1. The number of ether oxygens (including phenoxy) is 1. The van der Waals surface area contributed by atoms with E-state index in [0.717, 1.165) is 12.1 Å². The molecule has 3 rings (SSSR count). The summed E-state index contributed by atoms with van der Waals surface area (Å²) in [4.78, 5) is 15.2. The van der Waals surface area contributed by atoms with Crippen molar-refractivity contribution in [1.29, 1.82) is 0 Å². The predicted molar refractivity (Wildman–Crippen MR) is 116 cm³/mol. The van der Waals surface area contributed by atoms with Crippen molar-refractivity contribution in [3.05, 3.63) is 71.2 Å². The first-order valence-corrected chi connectivity index (χ1v) is 9.85. The van der Waals surface area contributed by atoms with Crippen LogP contribution in [0.5, 0.6) is 5.75 Å². The highest BCUT2D eigenvalue weighted by molar-refractivity contribution is 7.80. The number of amides is 1. The van der Waals surface area contributed by atoms with Crippen LogP contribution in [0.15, 0.2) is 59.8 Å². The number of rotatable bonds is 6. The third-order valence-corrected chi connectivity index (χ3v) is 5.16. The Bertz CT molecular complexity index is 961. The zero-order chi connectivity index (χ0) is 21.0. The van der Waals surface area contributed by atoms with Gasteiger partial charge in [0.05, 0.1) is 24.4 Å². The number of carbonyl (C=O) groups is 1. The number of benzene rings is 2. The fraction of sp³-hybridized carbons (Fsp3) is 0.273. The molecule has 152 valence electrons. The minimum atomic E-state index is -0.555. The molecule has 0 aliphatic carbocycles. The van der Waals surface area contributed by atoms with E-state index < -0.39 is 6.04 Å². The summed E-state index contributed by atoms with van der Waals surface area (Å²) < 4.78 is 19.2. The summed E-state index contributed by atoms with van der Waals surface area (Å²) in [7, 11) is 1.55. The maximum atomic E-state index is 13.9. The number of anilines is 1. The van der Waals surface area contributed by atoms with Crippen LogP contribution >= 0.6 is 12.2 Å². The van der Waals surface area contributed by atoms with Gasteiger partial charge in [-0.05, 0) is 55.4 Å². The second kappa shape index (κ2) is 9.05. The Morgan fingerprint density at radius 3 is 2.72 bits per heavy atom. The molecule has 0 radical (unpaired) electrons. The van der Waals surface area contributed by atoms with Gasteiger partial charge in [0.15, 0.2) is 5.11 Å². The molecule has 0 saturated carbocycles. The van der Waals surface area contributed by atoms with Crippen molar-refractivity contribution in [2.45, 2.75) is 26.3 Å². The van der Waals surface area contributed by atoms with Crippen molar-refractivity contribution in [2.75, 3.05) is 19.0 Å². The average Bonchev–Trinajstić information content (AvgIpc) is 2.71. The highest BCUT2D eigenvalue weighted by Gasteiger charge is 2.34. The molecule has 0 fully saturated rings. The highest BCUT2D eigenvalue weighted by Crippen LogP contribution is 2.33. The molecule has 2 aromatic rings. The minimum absolute atomic E-state index is 0.294. The number of methoxy groups -OCH3 is 1. The van der Waals surface area contributed by atoms with Crippen LogP contribution in [0.1, 0.15) is 31.9 Å². The van der Waals surface area contributed by atoms with Crippen LogP contribution in [0.3, 0.4) is 0 Å². The smallest absolute Gasteiger partial charge is 0.255 e. The van der Waals surface area contributed by atoms with Crippen LogP contribution < -0.4 is 15.4 Å². The van der Waals surface area contributed by atoms with Gasteiger partial charge in [0, 0.05) is 12.2 Å². The fourth-order valence-electron chi connectivity index (χ4n) is 3.44. The summed E-state index contributed by atoms with van der Waals surface area (Å²) in [5.41, 5.74) is 2.43. The molecule has 1 amide bonds. The zero-order valence-corrected chi connectivity index (χ0v) is 17.5. The second-order valence-corrected chi connectivity index (χ2v) is 7.13. The van der Waals surface area contributed by atoms with Crippen LogP contribution in [0.25, 0.3) is 0 Å². The number of para-hydroxylation sites is 2. The first-order chi connectivity index (χ1) is 14.0. The molecule has 0 unspecified atom stereocenters. The first-order valence-electron chi connectivity index (χ1n) is 9.44. The Morgan fingerprint density at radius 2 is 2.03 bits per heavy atom. The molecule has 5 nitrogen and oxygen atoms in total. The van der Waals surface area contributed by atoms with E-state index in [0.29, 0.717) is 34.2 Å². The fourth-order valence-corrected chi connectivity index (χ4v) is 3.79. The molecule has 0 spiro atoms. The number of thiocarbonyl (C=S) groups is 1. The number of hydrogen-bond acceptors (Lipinski definition) is 3. The van der Waals surface area contributed by atoms with Crippen molar-refractivity contribution in [3.63, 3.8) is 0 Å². The normalized spacial score (nSPS) is 16.5. The number of allylic oxidation sites excluding steroid dienone is 1. The summed E-state index contributed by atoms with van der Waals surface area (Å²) in [5.74, 6) is -0.100. The van der Waals surface area contributed by atoms with Gasteiger partial charge in [-0.25, -0.2) is 4.39 Å². The van der Waals surface area contributed by atoms with E-state index in [4.69, 9.17) is 17.0 Å². The van der Waals surface area contributed by atoms with E-state index in [-0.39, 0.29) is 11.7 Å². The molecule has 1 heterocycles. The van der Waals surface area contributed by atoms with Gasteiger partial charge >= 0.3 is 0 Å². The van der Waals surface area contributed by atoms with Gasteiger partial charge in [-0.3, -0.25) is 4.79 Å². The third-order valence-electron chi connectivity index (χ3n) is 4.83. The Balaban J connectivity index is 2.04. The molecular formula is C22H24FN3O2S. The Kier molecular flexibility index (Phi) is 6.49. The van der Waals surface area contributed by atoms with Crippen LogP contribution in [-0.4, -0.2) is 29.6 Å². The van der Waals surface area contributed by atoms with Gasteiger partial charge in [0.2, 0.25) is 0 Å². The summed E-state index contributed by atoms with van der Waals surface area (Å²) in [6.45, 7) is 4.59. The largest absolute Gasteiger partial charge is 0.495 e. The monoisotopic (exact) mass is 413 g/mol. The molecule has 7 heteroatoms. The molecule has 29 heavy (non-hydrogen) atoms. The van der Waals surface area contributed by atoms with Gasteiger partial charge in [-0.2, -0.15) is 0 Å². The van der Waals surface area contributed by atoms with E-state index in [1.807, 2.05) is 30.9 Å². The van der Waals surface area contributed by atoms with Crippen molar-refractivity contribution >= 4 is 28.9 Å². The Labute approximate surface area is 175 Å². The van der Waals surface area contributed by atoms with Gasteiger partial charge < -0.3 is 20.3 Å². The quantitative estimate of drug-likeness (QED) is 0.688. The van der Waals surface area contributed by atoms with Crippen molar-refractivity contribution in [3.8, 4) is 5.75 Å². The molecule has 1 aliphatic rings. The molecule has 1 atom stereocenters. The summed E-state index contributed by atoms with van der Waals surface area (Å²) in [6, 6.07) is 12.8. The van der Waals surface area contributed by atoms with E-state index >= 15 is 0 Å². The van der Waals surface area contributed by atoms with E-state index in [1.54, 1.807) is 31.4 Å². The molecule has 2 aromatic carbocycles. The number of nitrogens with one attached hydrogen (secondary N) is 2. The molecule has 0 saturated heterocycles. The van der Waals surface area contributed by atoms with Crippen molar-refractivity contribution in [1.82, 2.24) is 10.2 Å². The summed E-state index contributed by atoms with van der Waals surface area (Å²) >= 11 is 5.52. The van der Waals surface area contributed by atoms with E-state index in [2.05, 4.69) is 10.6 Å². The Hall–Kier alpha value is -2.93. The molecular weight excluding hydrogens is 389 g/mol. The second-order valence-electron chi connectivity index (χ2n) is 6.74. The molecule has 0 bridgehead atoms. The average molecular weight is 414 g/mol.